The molecule has 118 valence electrons. The van der Waals surface area contributed by atoms with Crippen molar-refractivity contribution in [3.8, 4) is 12.3 Å². The van der Waals surface area contributed by atoms with Gasteiger partial charge < -0.3 is 14.8 Å². The Balaban J connectivity index is 4.91. The van der Waals surface area contributed by atoms with Crippen LogP contribution < -0.4 is 5.32 Å². The van der Waals surface area contributed by atoms with Crippen LogP contribution in [0.25, 0.3) is 0 Å². The Hall–Kier alpha value is -2.03. The third-order valence-corrected chi connectivity index (χ3v) is 1.93. The quantitative estimate of drug-likeness (QED) is 0.486. The van der Waals surface area contributed by atoms with E-state index in [1.807, 2.05) is 5.92 Å². The van der Waals surface area contributed by atoms with Crippen molar-refractivity contribution >= 4 is 17.8 Å². The summed E-state index contributed by atoms with van der Waals surface area (Å²) < 4.78 is 10.2. The van der Waals surface area contributed by atoms with Gasteiger partial charge in [-0.15, -0.1) is 6.42 Å². The Morgan fingerprint density at radius 3 is 1.90 bits per heavy atom. The highest BCUT2D eigenvalue weighted by atomic mass is 16.6. The van der Waals surface area contributed by atoms with Crippen LogP contribution in [0.15, 0.2) is 0 Å². The van der Waals surface area contributed by atoms with Gasteiger partial charge in [-0.05, 0) is 47.5 Å². The van der Waals surface area contributed by atoms with Gasteiger partial charge in [0.2, 0.25) is 5.78 Å². The molecule has 6 heteroatoms. The summed E-state index contributed by atoms with van der Waals surface area (Å²) in [5, 5.41) is 2.31. The van der Waals surface area contributed by atoms with Gasteiger partial charge in [0.1, 0.15) is 17.2 Å². The maximum absolute atomic E-state index is 12.0. The van der Waals surface area contributed by atoms with Crippen LogP contribution >= 0.6 is 0 Å². The molecule has 1 amide bonds. The number of Topliss-reactive ketones (excluding diaryl/α,β-unsaturated/α-hetero) is 1. The van der Waals surface area contributed by atoms with E-state index in [1.54, 1.807) is 41.5 Å². The van der Waals surface area contributed by atoms with Gasteiger partial charge in [-0.3, -0.25) is 4.79 Å². The third-order valence-electron chi connectivity index (χ3n) is 1.93. The average molecular weight is 297 g/mol. The second kappa shape index (κ2) is 7.11. The molecule has 0 spiro atoms. The molecule has 0 rings (SSSR count). The van der Waals surface area contributed by atoms with Gasteiger partial charge in [0, 0.05) is 6.42 Å². The van der Waals surface area contributed by atoms with Crippen molar-refractivity contribution in [2.45, 2.75) is 65.2 Å². The number of amides is 1. The van der Waals surface area contributed by atoms with Gasteiger partial charge in [0.25, 0.3) is 0 Å². The van der Waals surface area contributed by atoms with Crippen LogP contribution in [-0.4, -0.2) is 35.1 Å². The molecular weight excluding hydrogens is 274 g/mol. The molecule has 0 aliphatic heterocycles. The largest absolute Gasteiger partial charge is 0.458 e. The summed E-state index contributed by atoms with van der Waals surface area (Å²) in [5.74, 6) is 0.548. The summed E-state index contributed by atoms with van der Waals surface area (Å²) in [4.78, 5) is 35.0. The molecule has 0 radical (unpaired) electrons. The number of ketones is 1. The lowest BCUT2D eigenvalue weighted by atomic mass is 10.1. The molecule has 0 aliphatic carbocycles. The van der Waals surface area contributed by atoms with Crippen molar-refractivity contribution in [2.75, 3.05) is 0 Å². The fraction of sp³-hybridized carbons (Fsp3) is 0.667. The van der Waals surface area contributed by atoms with E-state index in [-0.39, 0.29) is 6.42 Å². The number of hydrogen-bond acceptors (Lipinski definition) is 5. The Bertz CT molecular complexity index is 448. The highest BCUT2D eigenvalue weighted by molar-refractivity contribution is 5.98. The number of esters is 1. The van der Waals surface area contributed by atoms with Crippen molar-refractivity contribution in [1.82, 2.24) is 5.32 Å². The first-order chi connectivity index (χ1) is 9.34. The molecule has 6 nitrogen and oxygen atoms in total. The van der Waals surface area contributed by atoms with Crippen LogP contribution in [0, 0.1) is 12.3 Å². The van der Waals surface area contributed by atoms with E-state index in [2.05, 4.69) is 5.32 Å². The van der Waals surface area contributed by atoms with Crippen LogP contribution in [0.2, 0.25) is 0 Å². The Kier molecular flexibility index (Phi) is 6.43. The van der Waals surface area contributed by atoms with E-state index in [0.717, 1.165) is 0 Å². The smallest absolute Gasteiger partial charge is 0.408 e. The van der Waals surface area contributed by atoms with E-state index in [4.69, 9.17) is 15.9 Å². The summed E-state index contributed by atoms with van der Waals surface area (Å²) in [7, 11) is 0. The second-order valence-electron chi connectivity index (χ2n) is 6.50. The summed E-state index contributed by atoms with van der Waals surface area (Å²) in [6, 6.07) is -1.18. The molecule has 0 aromatic carbocycles. The first-order valence-corrected chi connectivity index (χ1v) is 6.56. The summed E-state index contributed by atoms with van der Waals surface area (Å²) in [5.41, 5.74) is -1.47. The molecule has 21 heavy (non-hydrogen) atoms. The first-order valence-electron chi connectivity index (χ1n) is 6.56. The predicted octanol–water partition coefficient (Wildman–Crippen LogP) is 1.81. The number of hydrogen-bond donors (Lipinski definition) is 1. The minimum absolute atomic E-state index is 0.343. The second-order valence-corrected chi connectivity index (χ2v) is 6.50. The lowest BCUT2D eigenvalue weighted by molar-refractivity contribution is -0.158. The molecule has 1 N–H and O–H groups in total. The maximum Gasteiger partial charge on any atom is 0.408 e. The van der Waals surface area contributed by atoms with Crippen molar-refractivity contribution in [1.29, 1.82) is 0 Å². The van der Waals surface area contributed by atoms with Gasteiger partial charge >= 0.3 is 12.1 Å². The molecule has 0 aromatic heterocycles. The van der Waals surface area contributed by atoms with Crippen LogP contribution in [0.4, 0.5) is 4.79 Å². The molecular formula is C15H23NO5. The summed E-state index contributed by atoms with van der Waals surface area (Å²) in [6.45, 7) is 10.1. The van der Waals surface area contributed by atoms with E-state index in [9.17, 15) is 14.4 Å². The first kappa shape index (κ1) is 19.0. The SMILES string of the molecule is C#CC(=O)C[C@@H](NC(=O)OC(C)(C)C)C(=O)OC(C)(C)C. The molecule has 0 aromatic rings. The topological polar surface area (TPSA) is 81.7 Å². The number of alkyl carbamates (subject to hydrolysis) is 1. The van der Waals surface area contributed by atoms with Gasteiger partial charge in [0.15, 0.2) is 0 Å². The minimum Gasteiger partial charge on any atom is -0.458 e. The number of carbonyl (C=O) groups excluding carboxylic acids is 3. The molecule has 0 saturated heterocycles. The highest BCUT2D eigenvalue weighted by Crippen LogP contribution is 2.11. The van der Waals surface area contributed by atoms with Crippen LogP contribution in [0.5, 0.6) is 0 Å². The van der Waals surface area contributed by atoms with E-state index in [1.165, 1.54) is 0 Å². The highest BCUT2D eigenvalue weighted by Gasteiger charge is 2.30. The Labute approximate surface area is 125 Å². The number of terminal acetylenes is 1. The number of ether oxygens (including phenoxy) is 2. The monoisotopic (exact) mass is 297 g/mol. The summed E-state index contributed by atoms with van der Waals surface area (Å²) in [6.07, 6.45) is 3.83. The van der Waals surface area contributed by atoms with E-state index in [0.29, 0.717) is 0 Å². The fourth-order valence-electron chi connectivity index (χ4n) is 1.26. The summed E-state index contributed by atoms with van der Waals surface area (Å²) >= 11 is 0. The zero-order valence-corrected chi connectivity index (χ0v) is 13.4. The Morgan fingerprint density at radius 2 is 1.52 bits per heavy atom. The Morgan fingerprint density at radius 1 is 1.05 bits per heavy atom. The average Bonchev–Trinajstić information content (AvgIpc) is 2.22. The standard InChI is InChI=1S/C15H23NO5/c1-8-10(17)9-11(12(18)20-14(2,3)4)16-13(19)21-15(5,6)7/h1,11H,9H2,2-7H3,(H,16,19)/t11-/m1/s1. The molecule has 1 atom stereocenters. The van der Waals surface area contributed by atoms with Crippen molar-refractivity contribution in [2.24, 2.45) is 0 Å². The van der Waals surface area contributed by atoms with Crippen molar-refractivity contribution in [3.05, 3.63) is 0 Å². The molecule has 0 unspecified atom stereocenters. The van der Waals surface area contributed by atoms with E-state index < -0.39 is 35.1 Å². The van der Waals surface area contributed by atoms with Crippen molar-refractivity contribution < 1.29 is 23.9 Å². The molecule has 0 heterocycles. The van der Waals surface area contributed by atoms with Crippen LogP contribution in [0.1, 0.15) is 48.0 Å². The lowest BCUT2D eigenvalue weighted by Crippen LogP contribution is -2.46. The van der Waals surface area contributed by atoms with Gasteiger partial charge in [0.05, 0.1) is 0 Å². The minimum atomic E-state index is -1.18. The zero-order valence-electron chi connectivity index (χ0n) is 13.4. The zero-order chi connectivity index (χ0) is 16.8. The molecule has 0 fully saturated rings. The number of rotatable bonds is 4. The molecule has 0 aliphatic rings. The number of nitrogens with one attached hydrogen (secondary N) is 1. The van der Waals surface area contributed by atoms with Gasteiger partial charge in [-0.2, -0.15) is 0 Å². The molecule has 0 bridgehead atoms. The predicted molar refractivity (Wildman–Crippen MR) is 77.5 cm³/mol. The van der Waals surface area contributed by atoms with E-state index >= 15 is 0 Å². The number of carbonyl (C=O) groups is 3. The normalized spacial score (nSPS) is 12.8. The third kappa shape index (κ3) is 9.50. The van der Waals surface area contributed by atoms with Crippen molar-refractivity contribution in [3.63, 3.8) is 0 Å². The maximum atomic E-state index is 12.0. The van der Waals surface area contributed by atoms with Gasteiger partial charge in [-0.25, -0.2) is 9.59 Å². The van der Waals surface area contributed by atoms with Gasteiger partial charge in [-0.1, -0.05) is 0 Å². The lowest BCUT2D eigenvalue weighted by Gasteiger charge is -2.25. The van der Waals surface area contributed by atoms with Crippen LogP contribution in [0.3, 0.4) is 0 Å². The van der Waals surface area contributed by atoms with Crippen LogP contribution in [-0.2, 0) is 19.1 Å². The fourth-order valence-corrected chi connectivity index (χ4v) is 1.26. The molecule has 0 saturated carbocycles.